The molecular formula is C12H14IN3O. The molecule has 0 aliphatic rings. The van der Waals surface area contributed by atoms with Crippen LogP contribution in [0.5, 0.6) is 0 Å². The van der Waals surface area contributed by atoms with Gasteiger partial charge in [-0.25, -0.2) is 0 Å². The normalized spacial score (nSPS) is 10.8. The maximum absolute atomic E-state index is 11.7. The van der Waals surface area contributed by atoms with Crippen molar-refractivity contribution in [2.45, 2.75) is 26.9 Å². The zero-order chi connectivity index (χ0) is 12.4. The van der Waals surface area contributed by atoms with Crippen LogP contribution in [0.1, 0.15) is 18.3 Å². The summed E-state index contributed by atoms with van der Waals surface area (Å²) in [6.45, 7) is 5.41. The van der Waals surface area contributed by atoms with Crippen LogP contribution in [0.25, 0.3) is 0 Å². The summed E-state index contributed by atoms with van der Waals surface area (Å²) < 4.78 is 4.70. The van der Waals surface area contributed by atoms with E-state index in [4.69, 9.17) is 0 Å². The van der Waals surface area contributed by atoms with Gasteiger partial charge in [0.25, 0.3) is 5.56 Å². The summed E-state index contributed by atoms with van der Waals surface area (Å²) in [5.41, 5.74) is 2.07. The number of hydrogen-bond donors (Lipinski definition) is 0. The maximum atomic E-state index is 11.7. The Kier molecular flexibility index (Phi) is 3.66. The van der Waals surface area contributed by atoms with Crippen LogP contribution in [-0.2, 0) is 13.1 Å². The first-order chi connectivity index (χ1) is 8.10. The predicted octanol–water partition coefficient (Wildman–Crippen LogP) is 2.03. The Morgan fingerprint density at radius 2 is 2.18 bits per heavy atom. The van der Waals surface area contributed by atoms with Crippen molar-refractivity contribution in [3.63, 3.8) is 0 Å². The van der Waals surface area contributed by atoms with Crippen molar-refractivity contribution in [2.24, 2.45) is 0 Å². The molecule has 0 saturated heterocycles. The van der Waals surface area contributed by atoms with Crippen molar-refractivity contribution in [1.29, 1.82) is 0 Å². The minimum atomic E-state index is 0.0203. The second-order valence-electron chi connectivity index (χ2n) is 3.91. The van der Waals surface area contributed by atoms with Crippen molar-refractivity contribution < 1.29 is 0 Å². The first-order valence-electron chi connectivity index (χ1n) is 5.49. The van der Waals surface area contributed by atoms with E-state index >= 15 is 0 Å². The maximum Gasteiger partial charge on any atom is 0.250 e. The molecule has 0 bridgehead atoms. The molecule has 0 aliphatic heterocycles. The molecule has 0 radical (unpaired) electrons. The van der Waals surface area contributed by atoms with Crippen molar-refractivity contribution in [1.82, 2.24) is 14.3 Å². The van der Waals surface area contributed by atoms with E-state index in [1.807, 2.05) is 36.9 Å². The number of aromatic nitrogens is 3. The fourth-order valence-electron chi connectivity index (χ4n) is 1.80. The number of halogens is 1. The van der Waals surface area contributed by atoms with E-state index < -0.39 is 0 Å². The van der Waals surface area contributed by atoms with Crippen molar-refractivity contribution in [3.05, 3.63) is 49.7 Å². The molecule has 90 valence electrons. The average molecular weight is 343 g/mol. The summed E-state index contributed by atoms with van der Waals surface area (Å²) in [5.74, 6) is 0. The van der Waals surface area contributed by atoms with Crippen molar-refractivity contribution in [2.75, 3.05) is 0 Å². The van der Waals surface area contributed by atoms with E-state index in [1.165, 1.54) is 0 Å². The number of pyridine rings is 1. The third-order valence-electron chi connectivity index (χ3n) is 2.56. The third-order valence-corrected chi connectivity index (χ3v) is 3.20. The molecular weight excluding hydrogens is 329 g/mol. The molecule has 2 rings (SSSR count). The lowest BCUT2D eigenvalue weighted by Gasteiger charge is -2.07. The summed E-state index contributed by atoms with van der Waals surface area (Å²) in [4.78, 5) is 11.7. The van der Waals surface area contributed by atoms with Gasteiger partial charge in [-0.2, -0.15) is 5.10 Å². The topological polar surface area (TPSA) is 39.8 Å². The summed E-state index contributed by atoms with van der Waals surface area (Å²) in [6.07, 6.45) is 1.87. The molecule has 2 aromatic rings. The quantitative estimate of drug-likeness (QED) is 0.800. The largest absolute Gasteiger partial charge is 0.308 e. The summed E-state index contributed by atoms with van der Waals surface area (Å²) >= 11 is 2.21. The molecule has 0 aromatic carbocycles. The third kappa shape index (κ3) is 2.77. The molecule has 17 heavy (non-hydrogen) atoms. The van der Waals surface area contributed by atoms with E-state index in [-0.39, 0.29) is 5.56 Å². The van der Waals surface area contributed by atoms with Gasteiger partial charge in [0.15, 0.2) is 0 Å². The van der Waals surface area contributed by atoms with E-state index in [9.17, 15) is 4.79 Å². The highest BCUT2D eigenvalue weighted by atomic mass is 127. The van der Waals surface area contributed by atoms with Crippen LogP contribution in [-0.4, -0.2) is 14.3 Å². The van der Waals surface area contributed by atoms with Gasteiger partial charge in [0.05, 0.1) is 17.9 Å². The molecule has 4 nitrogen and oxygen atoms in total. The van der Waals surface area contributed by atoms with Crippen LogP contribution in [0.15, 0.2) is 29.2 Å². The van der Waals surface area contributed by atoms with Gasteiger partial charge in [-0.3, -0.25) is 9.48 Å². The van der Waals surface area contributed by atoms with Gasteiger partial charge in [0.2, 0.25) is 0 Å². The van der Waals surface area contributed by atoms with Crippen molar-refractivity contribution >= 4 is 22.6 Å². The number of rotatable bonds is 3. The smallest absolute Gasteiger partial charge is 0.250 e. The van der Waals surface area contributed by atoms with Gasteiger partial charge in [-0.05, 0) is 48.6 Å². The fourth-order valence-corrected chi connectivity index (χ4v) is 2.32. The van der Waals surface area contributed by atoms with Gasteiger partial charge in [-0.1, -0.05) is 0 Å². The van der Waals surface area contributed by atoms with Crippen LogP contribution < -0.4 is 5.56 Å². The first-order valence-corrected chi connectivity index (χ1v) is 6.57. The average Bonchev–Trinajstić information content (AvgIpc) is 2.64. The van der Waals surface area contributed by atoms with Crippen molar-refractivity contribution in [3.8, 4) is 0 Å². The van der Waals surface area contributed by atoms with Crippen LogP contribution >= 0.6 is 22.6 Å². The lowest BCUT2D eigenvalue weighted by atomic mass is 10.3. The number of nitrogens with zero attached hydrogens (tertiary/aromatic N) is 3. The molecule has 5 heteroatoms. The second kappa shape index (κ2) is 5.03. The van der Waals surface area contributed by atoms with E-state index in [1.54, 1.807) is 10.6 Å². The Bertz CT molecular complexity index is 586. The standard InChI is InChI=1S/C12H14IN3O/c1-3-16-11(6-9(2)14-16)8-15-7-10(13)4-5-12(15)17/h4-7H,3,8H2,1-2H3. The zero-order valence-corrected chi connectivity index (χ0v) is 12.0. The van der Waals surface area contributed by atoms with Gasteiger partial charge in [0, 0.05) is 22.4 Å². The van der Waals surface area contributed by atoms with E-state index in [0.717, 1.165) is 21.5 Å². The molecule has 0 amide bonds. The fraction of sp³-hybridized carbons (Fsp3) is 0.333. The Morgan fingerprint density at radius 1 is 1.41 bits per heavy atom. The second-order valence-corrected chi connectivity index (χ2v) is 5.15. The Hall–Kier alpha value is -1.11. The molecule has 0 unspecified atom stereocenters. The summed E-state index contributed by atoms with van der Waals surface area (Å²) in [5, 5.41) is 4.38. The SMILES string of the molecule is CCn1nc(C)cc1Cn1cc(I)ccc1=O. The highest BCUT2D eigenvalue weighted by molar-refractivity contribution is 14.1. The number of aryl methyl sites for hydroxylation is 2. The van der Waals surface area contributed by atoms with Gasteiger partial charge >= 0.3 is 0 Å². The highest BCUT2D eigenvalue weighted by Crippen LogP contribution is 2.07. The van der Waals surface area contributed by atoms with E-state index in [2.05, 4.69) is 27.7 Å². The van der Waals surface area contributed by atoms with Crippen LogP contribution in [0.2, 0.25) is 0 Å². The Balaban J connectivity index is 2.37. The Labute approximate surface area is 113 Å². The van der Waals surface area contributed by atoms with Crippen LogP contribution in [0.3, 0.4) is 0 Å². The number of hydrogen-bond acceptors (Lipinski definition) is 2. The molecule has 0 fully saturated rings. The zero-order valence-electron chi connectivity index (χ0n) is 9.85. The molecule has 2 aromatic heterocycles. The minimum Gasteiger partial charge on any atom is -0.308 e. The highest BCUT2D eigenvalue weighted by Gasteiger charge is 2.06. The molecule has 0 aliphatic carbocycles. The van der Waals surface area contributed by atoms with Gasteiger partial charge < -0.3 is 4.57 Å². The molecule has 2 heterocycles. The lowest BCUT2D eigenvalue weighted by Crippen LogP contribution is -2.21. The van der Waals surface area contributed by atoms with E-state index in [0.29, 0.717) is 6.54 Å². The predicted molar refractivity (Wildman–Crippen MR) is 75.2 cm³/mol. The Morgan fingerprint density at radius 3 is 2.88 bits per heavy atom. The van der Waals surface area contributed by atoms with Crippen LogP contribution in [0.4, 0.5) is 0 Å². The molecule has 0 spiro atoms. The lowest BCUT2D eigenvalue weighted by molar-refractivity contribution is 0.591. The molecule has 0 atom stereocenters. The minimum absolute atomic E-state index is 0.0203. The van der Waals surface area contributed by atoms with Gasteiger partial charge in [0.1, 0.15) is 0 Å². The van der Waals surface area contributed by atoms with Gasteiger partial charge in [-0.15, -0.1) is 0 Å². The molecule has 0 N–H and O–H groups in total. The molecule has 0 saturated carbocycles. The monoisotopic (exact) mass is 343 g/mol. The van der Waals surface area contributed by atoms with Crippen LogP contribution in [0, 0.1) is 10.5 Å². The first kappa shape index (κ1) is 12.3. The summed E-state index contributed by atoms with van der Waals surface area (Å²) in [7, 11) is 0. The summed E-state index contributed by atoms with van der Waals surface area (Å²) in [6, 6.07) is 5.44.